The molecule has 2 rings (SSSR count). The lowest BCUT2D eigenvalue weighted by atomic mass is 9.75. The van der Waals surface area contributed by atoms with Crippen LogP contribution in [-0.2, 0) is 0 Å². The highest BCUT2D eigenvalue weighted by atomic mass is 16.5. The van der Waals surface area contributed by atoms with Crippen molar-refractivity contribution in [3.8, 4) is 5.75 Å². The van der Waals surface area contributed by atoms with Gasteiger partial charge in [0.05, 0.1) is 18.0 Å². The number of nitrogen functional groups attached to an aromatic ring is 1. The Bertz CT molecular complexity index is 455. The highest BCUT2D eigenvalue weighted by Crippen LogP contribution is 2.39. The van der Waals surface area contributed by atoms with Crippen molar-refractivity contribution in [1.29, 1.82) is 0 Å². The number of hydrogen-bond acceptors (Lipinski definition) is 4. The van der Waals surface area contributed by atoms with E-state index in [9.17, 15) is 0 Å². The number of nitrogens with two attached hydrogens (primary N) is 1. The summed E-state index contributed by atoms with van der Waals surface area (Å²) in [5.41, 5.74) is 8.34. The molecule has 1 saturated carbocycles. The van der Waals surface area contributed by atoms with Crippen LogP contribution >= 0.6 is 0 Å². The van der Waals surface area contributed by atoms with E-state index in [1.807, 2.05) is 19.1 Å². The highest BCUT2D eigenvalue weighted by molar-refractivity contribution is 5.74. The Hall–Kier alpha value is -1.42. The maximum Gasteiger partial charge on any atom is 0.144 e. The maximum atomic E-state index is 6.24. The molecule has 1 aliphatic carbocycles. The first-order valence-corrected chi connectivity index (χ1v) is 7.40. The lowest BCUT2D eigenvalue weighted by Crippen LogP contribution is -2.56. The van der Waals surface area contributed by atoms with Gasteiger partial charge in [0.2, 0.25) is 0 Å². The van der Waals surface area contributed by atoms with Crippen molar-refractivity contribution in [3.05, 3.63) is 18.2 Å². The first-order chi connectivity index (χ1) is 9.50. The zero-order chi connectivity index (χ0) is 14.8. The van der Waals surface area contributed by atoms with Gasteiger partial charge >= 0.3 is 0 Å². The molecular formula is C16H27N3O. The third kappa shape index (κ3) is 2.70. The van der Waals surface area contributed by atoms with Crippen LogP contribution in [0, 0.1) is 0 Å². The number of para-hydroxylation sites is 1. The summed E-state index contributed by atoms with van der Waals surface area (Å²) < 4.78 is 5.58. The topological polar surface area (TPSA) is 41.7 Å². The Balaban J connectivity index is 2.17. The largest absolute Gasteiger partial charge is 0.492 e. The van der Waals surface area contributed by atoms with Crippen LogP contribution in [0.4, 0.5) is 11.4 Å². The lowest BCUT2D eigenvalue weighted by molar-refractivity contribution is 0.0683. The third-order valence-electron chi connectivity index (χ3n) is 4.52. The molecule has 4 heteroatoms. The molecule has 0 radical (unpaired) electrons. The molecule has 1 aliphatic rings. The Morgan fingerprint density at radius 2 is 1.95 bits per heavy atom. The molecule has 1 aromatic rings. The fraction of sp³-hybridized carbons (Fsp3) is 0.625. The molecule has 0 unspecified atom stereocenters. The van der Waals surface area contributed by atoms with Crippen molar-refractivity contribution in [1.82, 2.24) is 4.90 Å². The first-order valence-electron chi connectivity index (χ1n) is 7.40. The molecule has 0 aliphatic heterocycles. The van der Waals surface area contributed by atoms with Gasteiger partial charge in [0, 0.05) is 19.1 Å². The highest BCUT2D eigenvalue weighted by Gasteiger charge is 2.40. The van der Waals surface area contributed by atoms with Gasteiger partial charge in [-0.05, 0) is 52.4 Å². The summed E-state index contributed by atoms with van der Waals surface area (Å²) in [6.07, 6.45) is 3.84. The normalized spacial score (nSPS) is 16.9. The van der Waals surface area contributed by atoms with Gasteiger partial charge in [0.25, 0.3) is 0 Å². The molecule has 0 spiro atoms. The van der Waals surface area contributed by atoms with Crippen LogP contribution < -0.4 is 15.4 Å². The van der Waals surface area contributed by atoms with Crippen LogP contribution in [0.1, 0.15) is 26.2 Å². The molecule has 0 aromatic heterocycles. The molecule has 0 amide bonds. The fourth-order valence-corrected chi connectivity index (χ4v) is 3.00. The summed E-state index contributed by atoms with van der Waals surface area (Å²) in [4.78, 5) is 4.62. The van der Waals surface area contributed by atoms with Crippen molar-refractivity contribution in [3.63, 3.8) is 0 Å². The monoisotopic (exact) mass is 277 g/mol. The molecule has 20 heavy (non-hydrogen) atoms. The first kappa shape index (κ1) is 15.0. The molecule has 112 valence electrons. The van der Waals surface area contributed by atoms with E-state index in [-0.39, 0.29) is 0 Å². The SMILES string of the molecule is CCOc1cccc(N(C)CC2(N(C)C)CCC2)c1N. The standard InChI is InChI=1S/C16H27N3O/c1-5-20-14-9-6-8-13(15(14)17)19(4)12-16(18(2)3)10-7-11-16/h6,8-9H,5,7,10-12,17H2,1-4H3. The molecule has 0 heterocycles. The van der Waals surface area contributed by atoms with Gasteiger partial charge in [-0.15, -0.1) is 0 Å². The van der Waals surface area contributed by atoms with Crippen LogP contribution in [0.2, 0.25) is 0 Å². The molecule has 4 nitrogen and oxygen atoms in total. The second-order valence-electron chi connectivity index (χ2n) is 5.95. The van der Waals surface area contributed by atoms with Gasteiger partial charge in [-0.2, -0.15) is 0 Å². The van der Waals surface area contributed by atoms with Crippen molar-refractivity contribution in [2.45, 2.75) is 31.7 Å². The minimum Gasteiger partial charge on any atom is -0.492 e. The second kappa shape index (κ2) is 5.92. The molecule has 0 saturated heterocycles. The van der Waals surface area contributed by atoms with Crippen LogP contribution in [0.25, 0.3) is 0 Å². The number of benzene rings is 1. The smallest absolute Gasteiger partial charge is 0.144 e. The second-order valence-corrected chi connectivity index (χ2v) is 5.95. The van der Waals surface area contributed by atoms with Crippen molar-refractivity contribution < 1.29 is 4.74 Å². The zero-order valence-corrected chi connectivity index (χ0v) is 13.1. The molecule has 0 bridgehead atoms. The van der Waals surface area contributed by atoms with Crippen LogP contribution in [0.5, 0.6) is 5.75 Å². The molecule has 1 fully saturated rings. The van der Waals surface area contributed by atoms with E-state index in [0.29, 0.717) is 12.1 Å². The van der Waals surface area contributed by atoms with Crippen molar-refractivity contribution in [2.75, 3.05) is 44.9 Å². The fourth-order valence-electron chi connectivity index (χ4n) is 3.00. The van der Waals surface area contributed by atoms with Gasteiger partial charge < -0.3 is 20.3 Å². The average molecular weight is 277 g/mol. The van der Waals surface area contributed by atoms with E-state index in [2.05, 4.69) is 37.0 Å². The number of nitrogens with zero attached hydrogens (tertiary/aromatic N) is 2. The van der Waals surface area contributed by atoms with Crippen molar-refractivity contribution >= 4 is 11.4 Å². The van der Waals surface area contributed by atoms with Gasteiger partial charge in [-0.3, -0.25) is 0 Å². The predicted octanol–water partition coefficient (Wildman–Crippen LogP) is 2.59. The van der Waals surface area contributed by atoms with E-state index in [0.717, 1.165) is 23.7 Å². The summed E-state index contributed by atoms with van der Waals surface area (Å²) in [5, 5.41) is 0. The number of anilines is 2. The van der Waals surface area contributed by atoms with E-state index in [1.165, 1.54) is 19.3 Å². The predicted molar refractivity (Wildman–Crippen MR) is 85.6 cm³/mol. The minimum absolute atomic E-state index is 0.294. The maximum absolute atomic E-state index is 6.24. The summed E-state index contributed by atoms with van der Waals surface area (Å²) in [7, 11) is 6.46. The molecule has 1 aromatic carbocycles. The molecule has 0 atom stereocenters. The van der Waals surface area contributed by atoms with E-state index >= 15 is 0 Å². The lowest BCUT2D eigenvalue weighted by Gasteiger charge is -2.49. The third-order valence-corrected chi connectivity index (χ3v) is 4.52. The minimum atomic E-state index is 0.294. The number of ether oxygens (including phenoxy) is 1. The Labute approximate surface area is 122 Å². The average Bonchev–Trinajstić information content (AvgIpc) is 2.36. The van der Waals surface area contributed by atoms with Gasteiger partial charge in [-0.25, -0.2) is 0 Å². The van der Waals surface area contributed by atoms with E-state index in [1.54, 1.807) is 0 Å². The Morgan fingerprint density at radius 3 is 2.45 bits per heavy atom. The van der Waals surface area contributed by atoms with Crippen molar-refractivity contribution in [2.24, 2.45) is 0 Å². The Morgan fingerprint density at radius 1 is 1.25 bits per heavy atom. The van der Waals surface area contributed by atoms with Crippen LogP contribution in [-0.4, -0.2) is 44.7 Å². The van der Waals surface area contributed by atoms with Gasteiger partial charge in [-0.1, -0.05) is 6.07 Å². The number of likely N-dealkylation sites (N-methyl/N-ethyl adjacent to an activating group) is 2. The summed E-state index contributed by atoms with van der Waals surface area (Å²) in [6.45, 7) is 3.62. The number of rotatable bonds is 6. The zero-order valence-electron chi connectivity index (χ0n) is 13.1. The summed E-state index contributed by atoms with van der Waals surface area (Å²) >= 11 is 0. The van der Waals surface area contributed by atoms with E-state index in [4.69, 9.17) is 10.5 Å². The summed E-state index contributed by atoms with van der Waals surface area (Å²) in [6, 6.07) is 6.01. The van der Waals surface area contributed by atoms with E-state index < -0.39 is 0 Å². The summed E-state index contributed by atoms with van der Waals surface area (Å²) in [5.74, 6) is 0.782. The van der Waals surface area contributed by atoms with Crippen LogP contribution in [0.3, 0.4) is 0 Å². The van der Waals surface area contributed by atoms with Gasteiger partial charge in [0.1, 0.15) is 5.75 Å². The molecular weight excluding hydrogens is 250 g/mol. The Kier molecular flexibility index (Phi) is 4.43. The molecule has 2 N–H and O–H groups in total. The van der Waals surface area contributed by atoms with Crippen LogP contribution in [0.15, 0.2) is 18.2 Å². The quantitative estimate of drug-likeness (QED) is 0.812. The van der Waals surface area contributed by atoms with Gasteiger partial charge in [0.15, 0.2) is 0 Å². The number of hydrogen-bond donors (Lipinski definition) is 1.